The topological polar surface area (TPSA) is 57.3 Å². The molecule has 0 saturated carbocycles. The lowest BCUT2D eigenvalue weighted by atomic mass is 10.2. The molecule has 0 aliphatic carbocycles. The molecular formula is C16H19ClN3O2S+. The summed E-state index contributed by atoms with van der Waals surface area (Å²) in [6.07, 6.45) is 1.85. The summed E-state index contributed by atoms with van der Waals surface area (Å²) >= 11 is 7.31. The van der Waals surface area contributed by atoms with Crippen molar-refractivity contribution in [3.63, 3.8) is 0 Å². The molecule has 23 heavy (non-hydrogen) atoms. The van der Waals surface area contributed by atoms with Crippen LogP contribution in [0.5, 0.6) is 0 Å². The van der Waals surface area contributed by atoms with Gasteiger partial charge >= 0.3 is 0 Å². The van der Waals surface area contributed by atoms with Gasteiger partial charge in [0.25, 0.3) is 5.91 Å². The molecule has 3 rings (SSSR count). The Labute approximate surface area is 144 Å². The number of halogens is 1. The highest BCUT2D eigenvalue weighted by molar-refractivity contribution is 8.18. The summed E-state index contributed by atoms with van der Waals surface area (Å²) in [4.78, 5) is 20.5. The fourth-order valence-electron chi connectivity index (χ4n) is 2.67. The van der Waals surface area contributed by atoms with Crippen LogP contribution in [-0.2, 0) is 4.79 Å². The highest BCUT2D eigenvalue weighted by atomic mass is 35.5. The average molecular weight is 353 g/mol. The van der Waals surface area contributed by atoms with Crippen LogP contribution in [-0.4, -0.2) is 60.4 Å². The van der Waals surface area contributed by atoms with E-state index in [0.29, 0.717) is 9.93 Å². The first-order valence-corrected chi connectivity index (χ1v) is 8.82. The number of aliphatic imine (C=N–C) groups is 1. The van der Waals surface area contributed by atoms with Gasteiger partial charge in [-0.2, -0.15) is 4.99 Å². The van der Waals surface area contributed by atoms with E-state index in [-0.39, 0.29) is 12.5 Å². The lowest BCUT2D eigenvalue weighted by Crippen LogP contribution is -3.15. The zero-order valence-corrected chi connectivity index (χ0v) is 14.2. The molecule has 122 valence electrons. The minimum absolute atomic E-state index is 0.176. The summed E-state index contributed by atoms with van der Waals surface area (Å²) in [5.74, 6) is -0.176. The zero-order chi connectivity index (χ0) is 16.2. The van der Waals surface area contributed by atoms with Crippen LogP contribution in [0.4, 0.5) is 0 Å². The van der Waals surface area contributed by atoms with E-state index >= 15 is 0 Å². The summed E-state index contributed by atoms with van der Waals surface area (Å²) in [6.45, 7) is 4.66. The lowest BCUT2D eigenvalue weighted by molar-refractivity contribution is -0.904. The number of nitrogens with one attached hydrogen (secondary N) is 1. The normalized spacial score (nSPS) is 21.1. The molecule has 0 radical (unpaired) electrons. The standard InChI is InChI=1S/C16H18ClN3O2S/c17-13-3-1-12(2-4-13)11-14-15(22)18-16(23-14)20-7-5-19(6-8-20)9-10-21/h1-4,11,21H,5-10H2/p+1/b14-11-. The van der Waals surface area contributed by atoms with E-state index in [9.17, 15) is 4.79 Å². The fraction of sp³-hybridized carbons (Fsp3) is 0.375. The van der Waals surface area contributed by atoms with Crippen molar-refractivity contribution in [2.24, 2.45) is 4.99 Å². The number of piperazine rings is 1. The van der Waals surface area contributed by atoms with E-state index in [1.54, 1.807) is 0 Å². The third-order valence-electron chi connectivity index (χ3n) is 3.98. The third-order valence-corrected chi connectivity index (χ3v) is 5.28. The fourth-order valence-corrected chi connectivity index (χ4v) is 3.76. The number of thioether (sulfide) groups is 1. The summed E-state index contributed by atoms with van der Waals surface area (Å²) < 4.78 is 0. The van der Waals surface area contributed by atoms with Crippen LogP contribution in [0.1, 0.15) is 5.56 Å². The van der Waals surface area contributed by atoms with Crippen molar-refractivity contribution in [2.75, 3.05) is 39.3 Å². The number of nitrogens with zero attached hydrogens (tertiary/aromatic N) is 2. The lowest BCUT2D eigenvalue weighted by Gasteiger charge is -2.32. The Kier molecular flexibility index (Phi) is 5.38. The van der Waals surface area contributed by atoms with Crippen molar-refractivity contribution in [3.8, 4) is 0 Å². The Balaban J connectivity index is 1.63. The van der Waals surface area contributed by atoms with Crippen molar-refractivity contribution in [2.45, 2.75) is 0 Å². The molecule has 2 aliphatic heterocycles. The van der Waals surface area contributed by atoms with Gasteiger partial charge in [-0.3, -0.25) is 4.79 Å². The number of carbonyl (C=O) groups is 1. The van der Waals surface area contributed by atoms with Crippen LogP contribution < -0.4 is 4.90 Å². The Bertz CT molecular complexity index is 637. The van der Waals surface area contributed by atoms with Gasteiger partial charge in [0.1, 0.15) is 6.54 Å². The second kappa shape index (κ2) is 7.49. The summed E-state index contributed by atoms with van der Waals surface area (Å²) in [5, 5.41) is 10.5. The predicted octanol–water partition coefficient (Wildman–Crippen LogP) is 0.503. The number of hydrogen-bond donors (Lipinski definition) is 2. The third kappa shape index (κ3) is 4.14. The van der Waals surface area contributed by atoms with E-state index in [2.05, 4.69) is 9.89 Å². The van der Waals surface area contributed by atoms with Crippen molar-refractivity contribution in [1.82, 2.24) is 4.90 Å². The van der Waals surface area contributed by atoms with Gasteiger partial charge in [-0.1, -0.05) is 23.7 Å². The first kappa shape index (κ1) is 16.5. The molecule has 0 atom stereocenters. The first-order chi connectivity index (χ1) is 11.2. The van der Waals surface area contributed by atoms with Gasteiger partial charge in [0, 0.05) is 5.02 Å². The van der Waals surface area contributed by atoms with E-state index in [1.165, 1.54) is 16.7 Å². The average Bonchev–Trinajstić information content (AvgIpc) is 2.92. The van der Waals surface area contributed by atoms with Crippen LogP contribution in [0.15, 0.2) is 34.2 Å². The molecule has 0 bridgehead atoms. The van der Waals surface area contributed by atoms with Crippen molar-refractivity contribution in [1.29, 1.82) is 0 Å². The van der Waals surface area contributed by atoms with Crippen LogP contribution >= 0.6 is 23.4 Å². The van der Waals surface area contributed by atoms with Crippen LogP contribution in [0.2, 0.25) is 5.02 Å². The highest BCUT2D eigenvalue weighted by Gasteiger charge is 2.29. The van der Waals surface area contributed by atoms with Gasteiger partial charge in [-0.05, 0) is 35.5 Å². The monoisotopic (exact) mass is 352 g/mol. The van der Waals surface area contributed by atoms with Gasteiger partial charge in [0.05, 0.1) is 37.7 Å². The number of amidine groups is 1. The smallest absolute Gasteiger partial charge is 0.286 e. The molecule has 0 unspecified atom stereocenters. The number of amides is 1. The van der Waals surface area contributed by atoms with Crippen LogP contribution in [0.25, 0.3) is 6.08 Å². The molecule has 1 aromatic carbocycles. The Hall–Kier alpha value is -1.34. The molecule has 7 heteroatoms. The second-order valence-electron chi connectivity index (χ2n) is 5.57. The molecule has 1 aromatic rings. The molecule has 2 N–H and O–H groups in total. The number of quaternary nitrogens is 1. The van der Waals surface area contributed by atoms with Crippen molar-refractivity contribution in [3.05, 3.63) is 39.8 Å². The van der Waals surface area contributed by atoms with Crippen LogP contribution in [0, 0.1) is 0 Å². The number of rotatable bonds is 3. The van der Waals surface area contributed by atoms with Gasteiger partial charge in [0.15, 0.2) is 5.17 Å². The SMILES string of the molecule is O=C1N=C(N2CC[NH+](CCO)CC2)S/C1=C\c1ccc(Cl)cc1. The highest BCUT2D eigenvalue weighted by Crippen LogP contribution is 2.30. The Morgan fingerprint density at radius 1 is 1.30 bits per heavy atom. The van der Waals surface area contributed by atoms with Gasteiger partial charge in [0.2, 0.25) is 0 Å². The quantitative estimate of drug-likeness (QED) is 0.778. The number of carbonyl (C=O) groups excluding carboxylic acids is 1. The zero-order valence-electron chi connectivity index (χ0n) is 12.7. The van der Waals surface area contributed by atoms with Gasteiger partial charge in [-0.15, -0.1) is 0 Å². The number of hydrogen-bond acceptors (Lipinski definition) is 4. The Morgan fingerprint density at radius 3 is 2.65 bits per heavy atom. The maximum atomic E-state index is 12.1. The molecular weight excluding hydrogens is 334 g/mol. The predicted molar refractivity (Wildman–Crippen MR) is 93.7 cm³/mol. The Morgan fingerprint density at radius 2 is 2.00 bits per heavy atom. The molecule has 5 nitrogen and oxygen atoms in total. The van der Waals surface area contributed by atoms with E-state index < -0.39 is 0 Å². The van der Waals surface area contributed by atoms with Crippen LogP contribution in [0.3, 0.4) is 0 Å². The first-order valence-electron chi connectivity index (χ1n) is 7.63. The van der Waals surface area contributed by atoms with Crippen molar-refractivity contribution < 1.29 is 14.8 Å². The van der Waals surface area contributed by atoms with Gasteiger partial charge < -0.3 is 14.9 Å². The number of benzene rings is 1. The molecule has 0 aromatic heterocycles. The molecule has 1 fully saturated rings. The van der Waals surface area contributed by atoms with Crippen molar-refractivity contribution >= 4 is 40.5 Å². The maximum absolute atomic E-state index is 12.1. The summed E-state index contributed by atoms with van der Waals surface area (Å²) in [6, 6.07) is 7.39. The molecule has 0 spiro atoms. The second-order valence-corrected chi connectivity index (χ2v) is 7.02. The molecule has 1 amide bonds. The largest absolute Gasteiger partial charge is 0.391 e. The number of aliphatic hydroxyl groups is 1. The minimum Gasteiger partial charge on any atom is -0.391 e. The number of aliphatic hydroxyl groups excluding tert-OH is 1. The summed E-state index contributed by atoms with van der Waals surface area (Å²) in [5.41, 5.74) is 0.943. The maximum Gasteiger partial charge on any atom is 0.286 e. The van der Waals surface area contributed by atoms with Gasteiger partial charge in [-0.25, -0.2) is 0 Å². The van der Waals surface area contributed by atoms with E-state index in [0.717, 1.165) is 43.5 Å². The molecule has 1 saturated heterocycles. The minimum atomic E-state index is -0.176. The van der Waals surface area contributed by atoms with E-state index in [1.807, 2.05) is 30.3 Å². The van der Waals surface area contributed by atoms with E-state index in [4.69, 9.17) is 16.7 Å². The summed E-state index contributed by atoms with van der Waals surface area (Å²) in [7, 11) is 0. The molecule has 2 aliphatic rings. The molecule has 2 heterocycles.